The number of anilines is 1. The quantitative estimate of drug-likeness (QED) is 0.502. The van der Waals surface area contributed by atoms with E-state index < -0.39 is 0 Å². The van der Waals surface area contributed by atoms with Crippen molar-refractivity contribution in [1.29, 1.82) is 0 Å². The molecule has 0 atom stereocenters. The van der Waals surface area contributed by atoms with Gasteiger partial charge in [-0.05, 0) is 37.1 Å². The molecule has 0 aliphatic carbocycles. The van der Waals surface area contributed by atoms with Gasteiger partial charge in [0.15, 0.2) is 0 Å². The zero-order valence-electron chi connectivity index (χ0n) is 19.6. The smallest absolute Gasteiger partial charge is 0.246 e. The summed E-state index contributed by atoms with van der Waals surface area (Å²) in [4.78, 5) is 31.5. The second-order valence-corrected chi connectivity index (χ2v) is 9.21. The van der Waals surface area contributed by atoms with E-state index in [2.05, 4.69) is 5.32 Å². The molecule has 0 saturated carbocycles. The highest BCUT2D eigenvalue weighted by atomic mass is 16.2. The fraction of sp³-hybridized carbons (Fsp3) is 0.423. The fourth-order valence-corrected chi connectivity index (χ4v) is 3.58. The van der Waals surface area contributed by atoms with Crippen molar-refractivity contribution in [2.24, 2.45) is 5.41 Å². The molecule has 0 aliphatic rings. The number of nitrogens with zero attached hydrogens (tertiary/aromatic N) is 3. The number of hydrogen-bond donors (Lipinski definition) is 1. The van der Waals surface area contributed by atoms with E-state index >= 15 is 0 Å². The Bertz CT molecular complexity index is 1050. The summed E-state index contributed by atoms with van der Waals surface area (Å²) in [5, 5.41) is 3.00. The third-order valence-electron chi connectivity index (χ3n) is 5.59. The van der Waals surface area contributed by atoms with Gasteiger partial charge in [0, 0.05) is 31.1 Å². The maximum Gasteiger partial charge on any atom is 0.246 e. The lowest BCUT2D eigenvalue weighted by Crippen LogP contribution is -2.35. The molecule has 0 aliphatic heterocycles. The van der Waals surface area contributed by atoms with Gasteiger partial charge in [-0.3, -0.25) is 9.59 Å². The van der Waals surface area contributed by atoms with Crippen LogP contribution in [0.25, 0.3) is 11.0 Å². The number of imidazole rings is 1. The van der Waals surface area contributed by atoms with E-state index in [1.807, 2.05) is 87.0 Å². The van der Waals surface area contributed by atoms with Crippen LogP contribution in [0.15, 0.2) is 54.6 Å². The highest BCUT2D eigenvalue weighted by molar-refractivity contribution is 5.93. The van der Waals surface area contributed by atoms with Crippen LogP contribution in [0.5, 0.6) is 0 Å². The number of rotatable bonds is 9. The van der Waals surface area contributed by atoms with Gasteiger partial charge in [0.25, 0.3) is 0 Å². The van der Waals surface area contributed by atoms with Crippen molar-refractivity contribution in [2.45, 2.75) is 53.0 Å². The van der Waals surface area contributed by atoms with Crippen molar-refractivity contribution in [2.75, 3.05) is 18.5 Å². The van der Waals surface area contributed by atoms with E-state index in [1.165, 1.54) is 0 Å². The predicted octanol–water partition coefficient (Wildman–Crippen LogP) is 4.57. The lowest BCUT2D eigenvalue weighted by atomic mass is 9.96. The van der Waals surface area contributed by atoms with Gasteiger partial charge in [-0.1, -0.05) is 57.5 Å². The van der Waals surface area contributed by atoms with Gasteiger partial charge in [0.1, 0.15) is 12.4 Å². The third-order valence-corrected chi connectivity index (χ3v) is 5.59. The van der Waals surface area contributed by atoms with Gasteiger partial charge in [-0.25, -0.2) is 4.98 Å². The number of fused-ring (bicyclic) bond motifs is 1. The number of likely N-dealkylation sites (N-methyl/N-ethyl adjacent to an activating group) is 1. The highest BCUT2D eigenvalue weighted by Crippen LogP contribution is 2.19. The topological polar surface area (TPSA) is 67.2 Å². The minimum Gasteiger partial charge on any atom is -0.356 e. The number of aromatic nitrogens is 2. The number of amides is 2. The monoisotopic (exact) mass is 434 g/mol. The van der Waals surface area contributed by atoms with Crippen molar-refractivity contribution < 1.29 is 9.59 Å². The Morgan fingerprint density at radius 2 is 1.66 bits per heavy atom. The second kappa shape index (κ2) is 10.4. The Morgan fingerprint density at radius 3 is 2.38 bits per heavy atom. The SMILES string of the molecule is CN(C(=O)Cn1c(CCCCCNC(=O)C(C)(C)C)nc2ccccc21)c1ccccc1. The van der Waals surface area contributed by atoms with Crippen LogP contribution in [0.1, 0.15) is 45.9 Å². The first kappa shape index (κ1) is 23.5. The summed E-state index contributed by atoms with van der Waals surface area (Å²) < 4.78 is 2.04. The fourth-order valence-electron chi connectivity index (χ4n) is 3.58. The molecule has 3 rings (SSSR count). The average Bonchev–Trinajstić information content (AvgIpc) is 3.12. The van der Waals surface area contributed by atoms with Gasteiger partial charge >= 0.3 is 0 Å². The van der Waals surface area contributed by atoms with Gasteiger partial charge in [0.2, 0.25) is 11.8 Å². The summed E-state index contributed by atoms with van der Waals surface area (Å²) in [5.41, 5.74) is 2.41. The normalized spacial score (nSPS) is 11.5. The number of carbonyl (C=O) groups excluding carboxylic acids is 2. The lowest BCUT2D eigenvalue weighted by molar-refractivity contribution is -0.128. The molecular formula is C26H34N4O2. The summed E-state index contributed by atoms with van der Waals surface area (Å²) in [6.07, 6.45) is 3.67. The van der Waals surface area contributed by atoms with Crippen LogP contribution in [0.2, 0.25) is 0 Å². The second-order valence-electron chi connectivity index (χ2n) is 9.21. The standard InChI is InChI=1S/C26H34N4O2/c1-26(2,3)25(32)27-18-12-6-9-17-23-28-21-15-10-11-16-22(21)30(23)19-24(31)29(4)20-13-7-5-8-14-20/h5,7-8,10-11,13-16H,6,9,12,17-19H2,1-4H3,(H,27,32). The maximum atomic E-state index is 13.0. The van der Waals surface area contributed by atoms with E-state index in [0.29, 0.717) is 6.54 Å². The Morgan fingerprint density at radius 1 is 0.969 bits per heavy atom. The Balaban J connectivity index is 1.62. The number of unbranched alkanes of at least 4 members (excludes halogenated alkanes) is 2. The number of aryl methyl sites for hydroxylation is 1. The zero-order chi connectivity index (χ0) is 23.1. The van der Waals surface area contributed by atoms with Gasteiger partial charge in [-0.15, -0.1) is 0 Å². The first-order valence-corrected chi connectivity index (χ1v) is 11.3. The van der Waals surface area contributed by atoms with Crippen molar-refractivity contribution in [3.05, 3.63) is 60.4 Å². The predicted molar refractivity (Wildman–Crippen MR) is 130 cm³/mol. The third kappa shape index (κ3) is 5.96. The number of carbonyl (C=O) groups is 2. The minimum absolute atomic E-state index is 0.0190. The number of benzene rings is 2. The first-order valence-electron chi connectivity index (χ1n) is 11.3. The molecule has 0 bridgehead atoms. The molecule has 170 valence electrons. The molecule has 1 heterocycles. The van der Waals surface area contributed by atoms with Crippen LogP contribution in [-0.4, -0.2) is 35.0 Å². The summed E-state index contributed by atoms with van der Waals surface area (Å²) in [7, 11) is 1.81. The number of para-hydroxylation sites is 3. The molecule has 1 aromatic heterocycles. The minimum atomic E-state index is -0.357. The first-order chi connectivity index (χ1) is 15.3. The Kier molecular flexibility index (Phi) is 7.67. The van der Waals surface area contributed by atoms with E-state index in [1.54, 1.807) is 4.90 Å². The summed E-state index contributed by atoms with van der Waals surface area (Å²) >= 11 is 0. The maximum absolute atomic E-state index is 13.0. The van der Waals surface area contributed by atoms with E-state index in [4.69, 9.17) is 4.98 Å². The van der Waals surface area contributed by atoms with Crippen LogP contribution in [0.4, 0.5) is 5.69 Å². The summed E-state index contributed by atoms with van der Waals surface area (Å²) in [5.74, 6) is 1.03. The summed E-state index contributed by atoms with van der Waals surface area (Å²) in [6.45, 7) is 6.70. The molecule has 1 N–H and O–H groups in total. The van der Waals surface area contributed by atoms with Crippen LogP contribution in [0.3, 0.4) is 0 Å². The molecule has 0 radical (unpaired) electrons. The molecule has 32 heavy (non-hydrogen) atoms. The molecular weight excluding hydrogens is 400 g/mol. The number of nitrogens with one attached hydrogen (secondary N) is 1. The van der Waals surface area contributed by atoms with Crippen LogP contribution in [0, 0.1) is 5.41 Å². The van der Waals surface area contributed by atoms with Crippen molar-refractivity contribution in [1.82, 2.24) is 14.9 Å². The molecule has 6 heteroatoms. The summed E-state index contributed by atoms with van der Waals surface area (Å²) in [6, 6.07) is 17.6. The highest BCUT2D eigenvalue weighted by Gasteiger charge is 2.20. The van der Waals surface area contributed by atoms with Gasteiger partial charge in [0.05, 0.1) is 11.0 Å². The molecule has 0 saturated heterocycles. The molecule has 2 aromatic carbocycles. The van der Waals surface area contributed by atoms with E-state index in [0.717, 1.165) is 48.2 Å². The number of hydrogen-bond acceptors (Lipinski definition) is 3. The van der Waals surface area contributed by atoms with Crippen molar-refractivity contribution in [3.8, 4) is 0 Å². The lowest BCUT2D eigenvalue weighted by Gasteiger charge is -2.19. The van der Waals surface area contributed by atoms with Crippen LogP contribution < -0.4 is 10.2 Å². The molecule has 6 nitrogen and oxygen atoms in total. The zero-order valence-corrected chi connectivity index (χ0v) is 19.6. The Hall–Kier alpha value is -3.15. The largest absolute Gasteiger partial charge is 0.356 e. The molecule has 2 amide bonds. The van der Waals surface area contributed by atoms with Crippen LogP contribution in [-0.2, 0) is 22.6 Å². The Labute approximate surface area is 190 Å². The molecule has 3 aromatic rings. The van der Waals surface area contributed by atoms with Crippen molar-refractivity contribution >= 4 is 28.5 Å². The van der Waals surface area contributed by atoms with E-state index in [-0.39, 0.29) is 23.8 Å². The van der Waals surface area contributed by atoms with Crippen molar-refractivity contribution in [3.63, 3.8) is 0 Å². The van der Waals surface area contributed by atoms with E-state index in [9.17, 15) is 9.59 Å². The van der Waals surface area contributed by atoms with Crippen LogP contribution >= 0.6 is 0 Å². The average molecular weight is 435 g/mol. The van der Waals surface area contributed by atoms with Gasteiger partial charge in [-0.2, -0.15) is 0 Å². The molecule has 0 unspecified atom stereocenters. The molecule has 0 fully saturated rings. The van der Waals surface area contributed by atoms with Gasteiger partial charge < -0.3 is 14.8 Å². The molecule has 0 spiro atoms.